The number of halogens is 2. The number of hydrogen-bond acceptors (Lipinski definition) is 3. The van der Waals surface area contributed by atoms with Crippen LogP contribution in [0.15, 0.2) is 30.6 Å². The second kappa shape index (κ2) is 4.88. The van der Waals surface area contributed by atoms with E-state index in [2.05, 4.69) is 4.98 Å². The van der Waals surface area contributed by atoms with Gasteiger partial charge in [0, 0.05) is 23.2 Å². The number of aromatic hydroxyl groups is 1. The van der Waals surface area contributed by atoms with E-state index in [0.717, 1.165) is 10.8 Å². The Morgan fingerprint density at radius 3 is 2.57 bits per heavy atom. The molecule has 0 saturated carbocycles. The van der Waals surface area contributed by atoms with Crippen molar-refractivity contribution in [3.8, 4) is 5.75 Å². The summed E-state index contributed by atoms with van der Waals surface area (Å²) in [7, 11) is 0. The van der Waals surface area contributed by atoms with Crippen LogP contribution in [0.1, 0.15) is 0 Å². The van der Waals surface area contributed by atoms with E-state index in [-0.39, 0.29) is 30.6 Å². The Morgan fingerprint density at radius 2 is 1.86 bits per heavy atom. The normalized spacial score (nSPS) is 8.86. The Kier molecular flexibility index (Phi) is 4.47. The number of nitrogens with two attached hydrogens (primary N) is 1. The number of pyridine rings is 1. The largest absolute Gasteiger partial charge is 0.506 e. The van der Waals surface area contributed by atoms with Crippen LogP contribution in [0.4, 0.5) is 5.69 Å². The zero-order chi connectivity index (χ0) is 8.55. The monoisotopic (exact) mass is 232 g/mol. The molecule has 0 radical (unpaired) electrons. The molecule has 0 bridgehead atoms. The van der Waals surface area contributed by atoms with Crippen molar-refractivity contribution in [2.75, 3.05) is 5.73 Å². The number of nitrogens with zero attached hydrogens (tertiary/aromatic N) is 1. The molecule has 3 nitrogen and oxygen atoms in total. The Labute approximate surface area is 93.8 Å². The van der Waals surface area contributed by atoms with E-state index in [9.17, 15) is 5.11 Å². The second-order valence-corrected chi connectivity index (χ2v) is 2.60. The zero-order valence-corrected chi connectivity index (χ0v) is 8.81. The van der Waals surface area contributed by atoms with Gasteiger partial charge in [-0.05, 0) is 18.2 Å². The quantitative estimate of drug-likeness (QED) is 0.542. The van der Waals surface area contributed by atoms with Gasteiger partial charge in [0.15, 0.2) is 0 Å². The van der Waals surface area contributed by atoms with Gasteiger partial charge in [0.2, 0.25) is 0 Å². The van der Waals surface area contributed by atoms with Gasteiger partial charge in [-0.2, -0.15) is 0 Å². The van der Waals surface area contributed by atoms with Crippen LogP contribution in [0.3, 0.4) is 0 Å². The van der Waals surface area contributed by atoms with Crippen molar-refractivity contribution in [3.05, 3.63) is 30.6 Å². The van der Waals surface area contributed by atoms with Crippen LogP contribution < -0.4 is 5.73 Å². The van der Waals surface area contributed by atoms with Gasteiger partial charge in [-0.1, -0.05) is 0 Å². The van der Waals surface area contributed by atoms with Gasteiger partial charge >= 0.3 is 0 Å². The summed E-state index contributed by atoms with van der Waals surface area (Å²) in [6.07, 6.45) is 3.36. The van der Waals surface area contributed by atoms with Crippen LogP contribution in [0, 0.1) is 0 Å². The number of benzene rings is 1. The van der Waals surface area contributed by atoms with E-state index < -0.39 is 0 Å². The first kappa shape index (κ1) is 12.8. The van der Waals surface area contributed by atoms with Crippen LogP contribution in [0.2, 0.25) is 0 Å². The molecule has 1 aromatic carbocycles. The Hall–Kier alpha value is -1.19. The minimum atomic E-state index is 0. The number of aromatic nitrogens is 1. The third kappa shape index (κ3) is 2.00. The molecule has 1 heterocycles. The average Bonchev–Trinajstić information content (AvgIpc) is 2.12. The van der Waals surface area contributed by atoms with Crippen LogP contribution in [0.25, 0.3) is 10.8 Å². The highest BCUT2D eigenvalue weighted by Crippen LogP contribution is 2.28. The Morgan fingerprint density at radius 1 is 1.14 bits per heavy atom. The molecule has 0 saturated heterocycles. The molecule has 3 N–H and O–H groups in total. The lowest BCUT2D eigenvalue weighted by Crippen LogP contribution is -1.87. The van der Waals surface area contributed by atoms with Crippen LogP contribution in [-0.4, -0.2) is 10.1 Å². The zero-order valence-electron chi connectivity index (χ0n) is 7.18. The summed E-state index contributed by atoms with van der Waals surface area (Å²) in [4.78, 5) is 3.95. The molecule has 2 rings (SSSR count). The molecule has 0 aliphatic rings. The molecule has 0 fully saturated rings. The molecule has 0 unspecified atom stereocenters. The van der Waals surface area contributed by atoms with Crippen molar-refractivity contribution in [2.45, 2.75) is 0 Å². The summed E-state index contributed by atoms with van der Waals surface area (Å²) in [5, 5.41) is 11.0. The number of anilines is 1. The molecule has 0 amide bonds. The van der Waals surface area contributed by atoms with E-state index in [0.29, 0.717) is 5.69 Å². The Balaban J connectivity index is 0.000000845. The standard InChI is InChI=1S/C9H8N2O.2ClH/c10-9-7-3-4-11-5-6(7)1-2-8(9)12;;/h1-5,12H,10H2;2*1H. The van der Waals surface area contributed by atoms with E-state index in [1.807, 2.05) is 0 Å². The van der Waals surface area contributed by atoms with Gasteiger partial charge in [0.1, 0.15) is 5.75 Å². The maximum absolute atomic E-state index is 9.27. The average molecular weight is 233 g/mol. The lowest BCUT2D eigenvalue weighted by atomic mass is 10.1. The molecule has 76 valence electrons. The number of phenolic OH excluding ortho intramolecular Hbond substituents is 1. The first-order valence-corrected chi connectivity index (χ1v) is 3.60. The van der Waals surface area contributed by atoms with E-state index >= 15 is 0 Å². The Bertz CT molecular complexity index is 434. The van der Waals surface area contributed by atoms with Crippen molar-refractivity contribution < 1.29 is 5.11 Å². The molecule has 0 atom stereocenters. The number of fused-ring (bicyclic) bond motifs is 1. The van der Waals surface area contributed by atoms with E-state index in [4.69, 9.17) is 5.73 Å². The predicted molar refractivity (Wildman–Crippen MR) is 62.3 cm³/mol. The number of phenols is 1. The molecule has 5 heteroatoms. The lowest BCUT2D eigenvalue weighted by Gasteiger charge is -2.02. The summed E-state index contributed by atoms with van der Waals surface area (Å²) in [6.45, 7) is 0. The highest BCUT2D eigenvalue weighted by atomic mass is 35.5. The lowest BCUT2D eigenvalue weighted by molar-refractivity contribution is 0.478. The fourth-order valence-corrected chi connectivity index (χ4v) is 1.18. The molecule has 2 aromatic rings. The number of nitrogen functional groups attached to an aromatic ring is 1. The molecule has 0 aliphatic carbocycles. The summed E-state index contributed by atoms with van der Waals surface area (Å²) in [5.41, 5.74) is 6.05. The summed E-state index contributed by atoms with van der Waals surface area (Å²) < 4.78 is 0. The van der Waals surface area contributed by atoms with Gasteiger partial charge in [0.05, 0.1) is 5.69 Å². The first-order chi connectivity index (χ1) is 5.79. The SMILES string of the molecule is Cl.Cl.Nc1c(O)ccc2cnccc12. The van der Waals surface area contributed by atoms with Crippen molar-refractivity contribution in [2.24, 2.45) is 0 Å². The van der Waals surface area contributed by atoms with Crippen molar-refractivity contribution >= 4 is 41.3 Å². The number of rotatable bonds is 0. The van der Waals surface area contributed by atoms with Crippen molar-refractivity contribution in [1.82, 2.24) is 4.98 Å². The third-order valence-electron chi connectivity index (χ3n) is 1.84. The van der Waals surface area contributed by atoms with Crippen LogP contribution in [-0.2, 0) is 0 Å². The van der Waals surface area contributed by atoms with E-state index in [1.165, 1.54) is 0 Å². The first-order valence-electron chi connectivity index (χ1n) is 3.60. The highest BCUT2D eigenvalue weighted by molar-refractivity contribution is 5.94. The molecule has 0 spiro atoms. The van der Waals surface area contributed by atoms with Gasteiger partial charge in [-0.3, -0.25) is 4.98 Å². The summed E-state index contributed by atoms with van der Waals surface area (Å²) in [5.74, 6) is 0.119. The van der Waals surface area contributed by atoms with Gasteiger partial charge in [-0.15, -0.1) is 24.8 Å². The summed E-state index contributed by atoms with van der Waals surface area (Å²) in [6, 6.07) is 5.14. The molecule has 14 heavy (non-hydrogen) atoms. The van der Waals surface area contributed by atoms with E-state index in [1.54, 1.807) is 30.6 Å². The van der Waals surface area contributed by atoms with Gasteiger partial charge in [-0.25, -0.2) is 0 Å². The molecular weight excluding hydrogens is 223 g/mol. The maximum Gasteiger partial charge on any atom is 0.139 e. The van der Waals surface area contributed by atoms with Crippen LogP contribution >= 0.6 is 24.8 Å². The minimum absolute atomic E-state index is 0. The maximum atomic E-state index is 9.27. The topological polar surface area (TPSA) is 59.1 Å². The van der Waals surface area contributed by atoms with Gasteiger partial charge < -0.3 is 10.8 Å². The highest BCUT2D eigenvalue weighted by Gasteiger charge is 2.00. The predicted octanol–water partition coefficient (Wildman–Crippen LogP) is 2.37. The second-order valence-electron chi connectivity index (χ2n) is 2.60. The minimum Gasteiger partial charge on any atom is -0.506 e. The van der Waals surface area contributed by atoms with Crippen molar-refractivity contribution in [3.63, 3.8) is 0 Å². The molecule has 1 aromatic heterocycles. The molecule has 0 aliphatic heterocycles. The molecular formula is C9H10Cl2N2O. The third-order valence-corrected chi connectivity index (χ3v) is 1.84. The fraction of sp³-hybridized carbons (Fsp3) is 0. The van der Waals surface area contributed by atoms with Crippen molar-refractivity contribution in [1.29, 1.82) is 0 Å². The van der Waals surface area contributed by atoms with Crippen LogP contribution in [0.5, 0.6) is 5.75 Å². The smallest absolute Gasteiger partial charge is 0.139 e. The fourth-order valence-electron chi connectivity index (χ4n) is 1.18. The van der Waals surface area contributed by atoms with Gasteiger partial charge in [0.25, 0.3) is 0 Å². The summed E-state index contributed by atoms with van der Waals surface area (Å²) >= 11 is 0. The number of hydrogen-bond donors (Lipinski definition) is 2.